The van der Waals surface area contributed by atoms with Gasteiger partial charge in [-0.1, -0.05) is 36.2 Å². The van der Waals surface area contributed by atoms with Crippen LogP contribution in [0.15, 0.2) is 36.4 Å². The number of carbonyl (C=O) groups excluding carboxylic acids is 2. The first kappa shape index (κ1) is 22.0. The van der Waals surface area contributed by atoms with Gasteiger partial charge in [-0.05, 0) is 80.6 Å². The summed E-state index contributed by atoms with van der Waals surface area (Å²) in [7, 11) is 2.14. The number of ketones is 1. The number of Topliss-reactive ketones (excluding diaryl/α,β-unsaturated/α-hetero) is 1. The van der Waals surface area contributed by atoms with Gasteiger partial charge in [0.05, 0.1) is 5.69 Å². The Hall–Kier alpha value is -2.17. The fraction of sp³-hybridized carbons (Fsp3) is 0.462. The molecule has 0 radical (unpaired) electrons. The van der Waals surface area contributed by atoms with Gasteiger partial charge in [-0.15, -0.1) is 0 Å². The number of halogens is 1. The van der Waals surface area contributed by atoms with E-state index in [0.717, 1.165) is 74.4 Å². The molecular weight excluding hydrogens is 408 g/mol. The third kappa shape index (κ3) is 5.19. The molecule has 0 unspecified atom stereocenters. The zero-order chi connectivity index (χ0) is 21.8. The van der Waals surface area contributed by atoms with Crippen LogP contribution >= 0.6 is 11.6 Å². The van der Waals surface area contributed by atoms with Crippen molar-refractivity contribution in [1.82, 2.24) is 4.90 Å². The summed E-state index contributed by atoms with van der Waals surface area (Å²) in [6.07, 6.45) is 6.83. The lowest BCUT2D eigenvalue weighted by Gasteiger charge is -2.25. The number of aryl methyl sites for hydroxylation is 1. The molecule has 4 rings (SSSR count). The molecule has 1 amide bonds. The number of unbranched alkanes of at least 4 members (excludes halogenated alkanes) is 2. The summed E-state index contributed by atoms with van der Waals surface area (Å²) in [6.45, 7) is 2.79. The van der Waals surface area contributed by atoms with Crippen molar-refractivity contribution in [3.05, 3.63) is 63.7 Å². The molecule has 31 heavy (non-hydrogen) atoms. The summed E-state index contributed by atoms with van der Waals surface area (Å²) in [5.74, 6) is 0.462. The fourth-order valence-corrected chi connectivity index (χ4v) is 4.96. The predicted molar refractivity (Wildman–Crippen MR) is 126 cm³/mol. The fourth-order valence-electron chi connectivity index (χ4n) is 4.73. The van der Waals surface area contributed by atoms with Crippen LogP contribution in [-0.2, 0) is 24.1 Å². The Bertz CT molecular complexity index is 972. The first-order valence-electron chi connectivity index (χ1n) is 11.4. The maximum Gasteiger partial charge on any atom is 0.227 e. The van der Waals surface area contributed by atoms with Gasteiger partial charge in [0.2, 0.25) is 5.91 Å². The minimum absolute atomic E-state index is 0.224. The number of hydrogen-bond donors (Lipinski definition) is 0. The van der Waals surface area contributed by atoms with E-state index in [1.807, 2.05) is 35.2 Å². The molecule has 2 heterocycles. The lowest BCUT2D eigenvalue weighted by Crippen LogP contribution is -2.32. The Kier molecular flexibility index (Phi) is 7.09. The number of likely N-dealkylation sites (N-methyl/N-ethyl adjacent to an activating group) is 1. The number of hydrogen-bond acceptors (Lipinski definition) is 3. The molecular formula is C26H31ClN2O2. The van der Waals surface area contributed by atoms with E-state index in [4.69, 9.17) is 11.6 Å². The molecule has 4 nitrogen and oxygen atoms in total. The van der Waals surface area contributed by atoms with E-state index >= 15 is 0 Å². The predicted octanol–water partition coefficient (Wildman–Crippen LogP) is 5.09. The summed E-state index contributed by atoms with van der Waals surface area (Å²) in [6, 6.07) is 12.1. The summed E-state index contributed by atoms with van der Waals surface area (Å²) >= 11 is 6.23. The highest BCUT2D eigenvalue weighted by Gasteiger charge is 2.31. The van der Waals surface area contributed by atoms with Gasteiger partial charge >= 0.3 is 0 Å². The average molecular weight is 439 g/mol. The smallest absolute Gasteiger partial charge is 0.227 e. The van der Waals surface area contributed by atoms with Gasteiger partial charge in [-0.25, -0.2) is 0 Å². The zero-order valence-corrected chi connectivity index (χ0v) is 19.1. The minimum Gasteiger partial charge on any atom is -0.312 e. The molecule has 2 aromatic carbocycles. The number of amides is 1. The number of anilines is 1. The highest BCUT2D eigenvalue weighted by atomic mass is 35.5. The Balaban J connectivity index is 1.19. The molecule has 2 aliphatic heterocycles. The van der Waals surface area contributed by atoms with Crippen molar-refractivity contribution < 1.29 is 9.59 Å². The molecule has 164 valence electrons. The Labute approximate surface area is 190 Å². The molecule has 0 saturated heterocycles. The molecule has 0 bridgehead atoms. The summed E-state index contributed by atoms with van der Waals surface area (Å²) in [5, 5.41) is 0.842. The Morgan fingerprint density at radius 3 is 2.61 bits per heavy atom. The Morgan fingerprint density at radius 2 is 1.81 bits per heavy atom. The van der Waals surface area contributed by atoms with Crippen LogP contribution in [0.3, 0.4) is 0 Å². The molecule has 0 aliphatic carbocycles. The number of carbonyl (C=O) groups is 2. The van der Waals surface area contributed by atoms with Crippen LogP contribution in [0.2, 0.25) is 5.02 Å². The molecule has 5 heteroatoms. The monoisotopic (exact) mass is 438 g/mol. The van der Waals surface area contributed by atoms with Crippen LogP contribution in [0.5, 0.6) is 0 Å². The zero-order valence-electron chi connectivity index (χ0n) is 18.3. The van der Waals surface area contributed by atoms with Gasteiger partial charge < -0.3 is 9.80 Å². The van der Waals surface area contributed by atoms with Crippen LogP contribution in [0.4, 0.5) is 5.69 Å². The maximum atomic E-state index is 12.8. The van der Waals surface area contributed by atoms with Crippen molar-refractivity contribution in [3.8, 4) is 0 Å². The third-order valence-corrected chi connectivity index (χ3v) is 6.91. The van der Waals surface area contributed by atoms with E-state index in [1.165, 1.54) is 16.7 Å². The molecule has 0 aromatic heterocycles. The highest BCUT2D eigenvalue weighted by molar-refractivity contribution is 6.31. The van der Waals surface area contributed by atoms with Gasteiger partial charge in [0.1, 0.15) is 0 Å². The standard InChI is InChI=1S/C26H31ClN2O2/c1-28(15-12-19-7-4-5-8-23(19)27)14-6-2-3-9-24(30)22-17-20-10-11-25(31)29-16-13-21(18-22)26(20)29/h4-5,7-8,17-18H,2-3,6,9-16H2,1H3. The second-order valence-electron chi connectivity index (χ2n) is 8.82. The van der Waals surface area contributed by atoms with Crippen LogP contribution < -0.4 is 4.90 Å². The van der Waals surface area contributed by atoms with E-state index in [2.05, 4.69) is 18.0 Å². The second-order valence-corrected chi connectivity index (χ2v) is 9.22. The molecule has 0 spiro atoms. The first-order valence-corrected chi connectivity index (χ1v) is 11.8. The molecule has 2 aromatic rings. The number of benzene rings is 2. The van der Waals surface area contributed by atoms with Crippen molar-refractivity contribution in [1.29, 1.82) is 0 Å². The summed E-state index contributed by atoms with van der Waals surface area (Å²) in [4.78, 5) is 29.1. The van der Waals surface area contributed by atoms with Crippen molar-refractivity contribution in [2.75, 3.05) is 31.6 Å². The van der Waals surface area contributed by atoms with Crippen molar-refractivity contribution in [2.45, 2.75) is 51.4 Å². The summed E-state index contributed by atoms with van der Waals surface area (Å²) < 4.78 is 0. The lowest BCUT2D eigenvalue weighted by atomic mass is 9.94. The van der Waals surface area contributed by atoms with E-state index in [1.54, 1.807) is 0 Å². The van der Waals surface area contributed by atoms with Crippen LogP contribution in [0.1, 0.15) is 59.2 Å². The maximum absolute atomic E-state index is 12.8. The van der Waals surface area contributed by atoms with Crippen molar-refractivity contribution in [2.24, 2.45) is 0 Å². The average Bonchev–Trinajstić information content (AvgIpc) is 3.20. The second kappa shape index (κ2) is 9.97. The van der Waals surface area contributed by atoms with Gasteiger partial charge in [0.15, 0.2) is 5.78 Å². The van der Waals surface area contributed by atoms with Gasteiger partial charge in [-0.2, -0.15) is 0 Å². The highest BCUT2D eigenvalue weighted by Crippen LogP contribution is 2.37. The first-order chi connectivity index (χ1) is 15.0. The van der Waals surface area contributed by atoms with Crippen molar-refractivity contribution in [3.63, 3.8) is 0 Å². The largest absolute Gasteiger partial charge is 0.312 e. The molecule has 0 atom stereocenters. The third-order valence-electron chi connectivity index (χ3n) is 6.54. The van der Waals surface area contributed by atoms with Gasteiger partial charge in [0, 0.05) is 36.5 Å². The molecule has 0 saturated carbocycles. The topological polar surface area (TPSA) is 40.6 Å². The van der Waals surface area contributed by atoms with Crippen LogP contribution in [0, 0.1) is 0 Å². The quantitative estimate of drug-likeness (QED) is 0.383. The van der Waals surface area contributed by atoms with Gasteiger partial charge in [0.25, 0.3) is 0 Å². The van der Waals surface area contributed by atoms with E-state index in [0.29, 0.717) is 12.8 Å². The molecule has 0 N–H and O–H groups in total. The minimum atomic E-state index is 0.224. The van der Waals surface area contributed by atoms with E-state index in [9.17, 15) is 9.59 Å². The lowest BCUT2D eigenvalue weighted by molar-refractivity contribution is -0.118. The Morgan fingerprint density at radius 1 is 1.03 bits per heavy atom. The van der Waals surface area contributed by atoms with E-state index < -0.39 is 0 Å². The van der Waals surface area contributed by atoms with E-state index in [-0.39, 0.29) is 11.7 Å². The number of rotatable bonds is 10. The van der Waals surface area contributed by atoms with Crippen LogP contribution in [0.25, 0.3) is 0 Å². The SMILES string of the molecule is CN(CCCCCC(=O)c1cc2c3c(c1)CCN3C(=O)CC2)CCc1ccccc1Cl. The van der Waals surface area contributed by atoms with Crippen molar-refractivity contribution >= 4 is 29.0 Å². The van der Waals surface area contributed by atoms with Crippen LogP contribution in [-0.4, -0.2) is 43.3 Å². The normalized spacial score (nSPS) is 14.9. The number of nitrogens with zero attached hydrogens (tertiary/aromatic N) is 2. The molecule has 2 aliphatic rings. The summed E-state index contributed by atoms with van der Waals surface area (Å²) in [5.41, 5.74) is 5.48. The molecule has 0 fully saturated rings. The van der Waals surface area contributed by atoms with Gasteiger partial charge in [-0.3, -0.25) is 9.59 Å².